The van der Waals surface area contributed by atoms with E-state index in [1.54, 1.807) is 21.2 Å². The van der Waals surface area contributed by atoms with E-state index in [1.165, 1.54) is 103 Å². The minimum absolute atomic E-state index is 0. The van der Waals surface area contributed by atoms with Crippen LogP contribution in [0, 0.1) is 41.5 Å². The van der Waals surface area contributed by atoms with Gasteiger partial charge in [0.15, 0.2) is 0 Å². The van der Waals surface area contributed by atoms with Gasteiger partial charge in [-0.2, -0.15) is 0 Å². The van der Waals surface area contributed by atoms with Crippen molar-refractivity contribution >= 4 is 37.1 Å². The van der Waals surface area contributed by atoms with Gasteiger partial charge in [-0.25, -0.2) is 0 Å². The maximum atomic E-state index is 2.40. The van der Waals surface area contributed by atoms with Crippen molar-refractivity contribution in [3.8, 4) is 0 Å². The van der Waals surface area contributed by atoms with Crippen LogP contribution in [0.4, 0.5) is 0 Å². The Morgan fingerprint density at radius 2 is 0.500 bits per heavy atom. The third-order valence-electron chi connectivity index (χ3n) is 10.9. The number of hydrogen-bond acceptors (Lipinski definition) is 0. The molecule has 52 heavy (non-hydrogen) atoms. The van der Waals surface area contributed by atoms with Crippen molar-refractivity contribution < 1.29 is 34.1 Å². The first-order valence-electron chi connectivity index (χ1n) is 18.7. The van der Waals surface area contributed by atoms with Gasteiger partial charge in [0.25, 0.3) is 0 Å². The molecule has 0 nitrogen and oxygen atoms in total. The molecule has 4 aromatic carbocycles. The molecule has 0 N–H and O–H groups in total. The molecule has 4 unspecified atom stereocenters. The molecule has 8 rings (SSSR count). The fraction of sp³-hybridized carbons (Fsp3) is 0.417. The molecule has 0 saturated heterocycles. The van der Waals surface area contributed by atoms with Crippen molar-refractivity contribution in [1.29, 1.82) is 0 Å². The fourth-order valence-electron chi connectivity index (χ4n) is 8.76. The Hall–Kier alpha value is -1.22. The van der Waals surface area contributed by atoms with Crippen molar-refractivity contribution in [3.63, 3.8) is 0 Å². The molecule has 0 aliphatic heterocycles. The van der Waals surface area contributed by atoms with Gasteiger partial charge in [0.05, 0.1) is 0 Å². The molecular formula is C48H68Fe2P2. The maximum Gasteiger partial charge on any atom is 2.00 e. The summed E-state index contributed by atoms with van der Waals surface area (Å²) in [5, 5.41) is 6.27. The molecule has 0 radical (unpaired) electrons. The zero-order chi connectivity index (χ0) is 31.2. The van der Waals surface area contributed by atoms with Gasteiger partial charge in [0.2, 0.25) is 0 Å². The molecule has 4 aliphatic carbocycles. The van der Waals surface area contributed by atoms with Crippen LogP contribution >= 0.6 is 15.8 Å². The maximum absolute atomic E-state index is 2.40. The average molecular weight is 819 g/mol. The van der Waals surface area contributed by atoms with E-state index in [1.807, 2.05) is 0 Å². The van der Waals surface area contributed by atoms with Gasteiger partial charge < -0.3 is 29.7 Å². The van der Waals surface area contributed by atoms with Crippen LogP contribution < -0.4 is 21.2 Å². The van der Waals surface area contributed by atoms with Gasteiger partial charge in [-0.15, -0.1) is 0 Å². The summed E-state index contributed by atoms with van der Waals surface area (Å²) >= 11 is 0. The van der Waals surface area contributed by atoms with Crippen LogP contribution in [0.3, 0.4) is 0 Å². The quantitative estimate of drug-likeness (QED) is 0.0990. The summed E-state index contributed by atoms with van der Waals surface area (Å²) in [6.45, 7) is 0. The van der Waals surface area contributed by atoms with Crippen LogP contribution in [0.2, 0.25) is 0 Å². The molecule has 0 heterocycles. The van der Waals surface area contributed by atoms with Gasteiger partial charge in [-0.05, 0) is 85.9 Å². The van der Waals surface area contributed by atoms with Gasteiger partial charge in [-0.1, -0.05) is 198 Å². The van der Waals surface area contributed by atoms with Crippen molar-refractivity contribution in [2.75, 3.05) is 0 Å². The fourth-order valence-corrected chi connectivity index (χ4v) is 15.3. The molecule has 4 atom stereocenters. The minimum atomic E-state index is -0.347. The molecule has 4 heteroatoms. The Morgan fingerprint density at radius 1 is 0.288 bits per heavy atom. The van der Waals surface area contributed by atoms with E-state index in [4.69, 9.17) is 0 Å². The van der Waals surface area contributed by atoms with Crippen LogP contribution in [0.15, 0.2) is 121 Å². The Balaban J connectivity index is 0.00000142. The van der Waals surface area contributed by atoms with E-state index in [9.17, 15) is 0 Å². The molecule has 4 saturated carbocycles. The summed E-state index contributed by atoms with van der Waals surface area (Å²) in [6.07, 6.45) is 23.4. The van der Waals surface area contributed by atoms with Gasteiger partial charge in [0.1, 0.15) is 0 Å². The Bertz CT molecular complexity index is 1170. The van der Waals surface area contributed by atoms with Crippen LogP contribution in [-0.2, 0) is 34.1 Å². The van der Waals surface area contributed by atoms with E-state index in [2.05, 4.69) is 121 Å². The summed E-state index contributed by atoms with van der Waals surface area (Å²) in [7, 11) is -0.694. The van der Waals surface area contributed by atoms with E-state index >= 15 is 0 Å². The number of hydrogen-bond donors (Lipinski definition) is 0. The van der Waals surface area contributed by atoms with Crippen molar-refractivity contribution in [2.24, 2.45) is 11.8 Å². The zero-order valence-corrected chi connectivity index (χ0v) is 36.8. The van der Waals surface area contributed by atoms with Crippen molar-refractivity contribution in [3.05, 3.63) is 151 Å². The second-order valence-electron chi connectivity index (χ2n) is 13.9. The van der Waals surface area contributed by atoms with E-state index in [-0.39, 0.29) is 79.7 Å². The predicted molar refractivity (Wildman–Crippen MR) is 232 cm³/mol. The molecule has 0 aromatic heterocycles. The van der Waals surface area contributed by atoms with E-state index < -0.39 is 0 Å². The molecular weight excluding hydrogens is 750 g/mol. The topological polar surface area (TPSA) is 0 Å². The average Bonchev–Trinajstić information content (AvgIpc) is 3.97. The molecule has 0 spiro atoms. The summed E-state index contributed by atoms with van der Waals surface area (Å²) in [5.41, 5.74) is 1.58. The van der Waals surface area contributed by atoms with Crippen LogP contribution in [0.1, 0.15) is 103 Å². The normalized spacial score (nSPS) is 21.2. The minimum Gasteiger partial charge on any atom is -0.358 e. The van der Waals surface area contributed by atoms with Gasteiger partial charge in [0, 0.05) is 0 Å². The molecule has 286 valence electrons. The molecule has 4 aromatic rings. The second kappa shape index (κ2) is 28.2. The van der Waals surface area contributed by atoms with Gasteiger partial charge in [-0.3, -0.25) is 0 Å². The predicted octanol–water partition coefficient (Wildman–Crippen LogP) is 13.3. The zero-order valence-electron chi connectivity index (χ0n) is 32.8. The van der Waals surface area contributed by atoms with Crippen LogP contribution in [0.5, 0.6) is 0 Å². The Kier molecular flexibility index (Phi) is 27.6. The summed E-state index contributed by atoms with van der Waals surface area (Å²) < 4.78 is 0. The molecule has 4 aliphatic rings. The SMILES string of the molecule is C1CCCC1.C1CCCC1.[CH3-].[CH3-].[CH3-].[CH3-].[Fe+2].[Fe+2].c1ccc(P(c2ccccc2)C2CCCC2C2CCCC2P(c2ccccc2)c2ccccc2)cc1. The van der Waals surface area contributed by atoms with E-state index in [0.717, 1.165) is 23.2 Å². The third-order valence-corrected chi connectivity index (χ3v) is 16.9. The summed E-state index contributed by atoms with van der Waals surface area (Å²) in [4.78, 5) is 0. The van der Waals surface area contributed by atoms with Crippen LogP contribution in [-0.4, -0.2) is 11.3 Å². The molecule has 4 fully saturated rings. The van der Waals surface area contributed by atoms with Crippen molar-refractivity contribution in [2.45, 2.75) is 114 Å². The Labute approximate surface area is 346 Å². The smallest absolute Gasteiger partial charge is 0.358 e. The first kappa shape index (κ1) is 50.8. The third kappa shape index (κ3) is 14.1. The monoisotopic (exact) mass is 818 g/mol. The molecule has 0 amide bonds. The standard InChI is InChI=1S/C34H36P2.2C5H10.4CH3.2Fe/c1-5-15-27(16-6-1)35(28-17-7-2-8-18-28)33-25-13-23-31(33)32-24-14-26-34(32)36(29-19-9-3-10-20-29)30-21-11-4-12-22-30;2*1-2-4-5-3-1;;;;;;/h1-12,15-22,31-34H,13-14,23-26H2;2*1-5H2;4*1H3;;/q;;;4*-1;2*+2. The number of rotatable bonds is 7. The Morgan fingerprint density at radius 3 is 0.712 bits per heavy atom. The first-order valence-corrected chi connectivity index (χ1v) is 21.5. The summed E-state index contributed by atoms with van der Waals surface area (Å²) in [6, 6.07) is 45.9. The van der Waals surface area contributed by atoms with Gasteiger partial charge >= 0.3 is 34.1 Å². The summed E-state index contributed by atoms with van der Waals surface area (Å²) in [5.74, 6) is 1.67. The molecule has 0 bridgehead atoms. The van der Waals surface area contributed by atoms with E-state index in [0.29, 0.717) is 0 Å². The van der Waals surface area contributed by atoms with Crippen LogP contribution in [0.25, 0.3) is 0 Å². The second-order valence-corrected chi connectivity index (χ2v) is 18.8. The number of benzene rings is 4. The largest absolute Gasteiger partial charge is 2.00 e. The van der Waals surface area contributed by atoms with Crippen molar-refractivity contribution in [1.82, 2.24) is 0 Å². The first-order chi connectivity index (χ1) is 22.9.